The first kappa shape index (κ1) is 15.2. The lowest BCUT2D eigenvalue weighted by molar-refractivity contribution is 0.0692. The minimum Gasteiger partial charge on any atom is -0.478 e. The zero-order valence-electron chi connectivity index (χ0n) is 12.1. The Labute approximate surface area is 122 Å². The first-order valence-corrected chi connectivity index (χ1v) is 6.75. The molecule has 0 aliphatic heterocycles. The Morgan fingerprint density at radius 3 is 2.81 bits per heavy atom. The number of carboxylic acids is 1. The number of hydrogen-bond acceptors (Lipinski definition) is 3. The van der Waals surface area contributed by atoms with Gasteiger partial charge in [-0.25, -0.2) is 9.18 Å². The van der Waals surface area contributed by atoms with Crippen LogP contribution < -0.4 is 5.32 Å². The van der Waals surface area contributed by atoms with Gasteiger partial charge in [-0.15, -0.1) is 0 Å². The number of aromatic nitrogens is 2. The van der Waals surface area contributed by atoms with Crippen molar-refractivity contribution in [2.75, 3.05) is 0 Å². The number of benzene rings is 1. The molecule has 0 spiro atoms. The van der Waals surface area contributed by atoms with Crippen LogP contribution >= 0.6 is 0 Å². The molecular weight excluding hydrogens is 273 g/mol. The van der Waals surface area contributed by atoms with Crippen LogP contribution in [0.4, 0.5) is 4.39 Å². The van der Waals surface area contributed by atoms with E-state index in [-0.39, 0.29) is 5.56 Å². The van der Waals surface area contributed by atoms with Crippen molar-refractivity contribution in [3.63, 3.8) is 0 Å². The number of halogens is 1. The zero-order valence-corrected chi connectivity index (χ0v) is 12.1. The van der Waals surface area contributed by atoms with Gasteiger partial charge in [0.15, 0.2) is 0 Å². The topological polar surface area (TPSA) is 67.2 Å². The molecule has 5 nitrogen and oxygen atoms in total. The Hall–Kier alpha value is -2.21. The lowest BCUT2D eigenvalue weighted by Gasteiger charge is -2.06. The molecule has 1 heterocycles. The number of aryl methyl sites for hydroxylation is 2. The van der Waals surface area contributed by atoms with E-state index in [4.69, 9.17) is 5.11 Å². The van der Waals surface area contributed by atoms with Gasteiger partial charge in [0.2, 0.25) is 0 Å². The second kappa shape index (κ2) is 6.49. The fourth-order valence-electron chi connectivity index (χ4n) is 2.21. The van der Waals surface area contributed by atoms with Gasteiger partial charge in [-0.1, -0.05) is 13.0 Å². The Kier molecular flexibility index (Phi) is 4.70. The smallest absolute Gasteiger partial charge is 0.338 e. The van der Waals surface area contributed by atoms with E-state index in [0.717, 1.165) is 17.7 Å². The van der Waals surface area contributed by atoms with Gasteiger partial charge in [0.1, 0.15) is 5.82 Å². The molecule has 6 heteroatoms. The van der Waals surface area contributed by atoms with Gasteiger partial charge in [-0.3, -0.25) is 4.68 Å². The van der Waals surface area contributed by atoms with E-state index >= 15 is 0 Å². The van der Waals surface area contributed by atoms with Gasteiger partial charge in [0.05, 0.1) is 11.3 Å². The minimum absolute atomic E-state index is 0.306. The molecule has 0 fully saturated rings. The van der Waals surface area contributed by atoms with Crippen molar-refractivity contribution in [1.29, 1.82) is 0 Å². The molecule has 2 aromatic rings. The van der Waals surface area contributed by atoms with Crippen molar-refractivity contribution in [3.05, 3.63) is 52.6 Å². The third kappa shape index (κ3) is 3.66. The molecule has 0 saturated carbocycles. The van der Waals surface area contributed by atoms with Crippen LogP contribution in [0.5, 0.6) is 0 Å². The highest BCUT2D eigenvalue weighted by Crippen LogP contribution is 2.11. The molecular formula is C15H18FN3O2. The van der Waals surface area contributed by atoms with Crippen molar-refractivity contribution in [2.24, 2.45) is 7.05 Å². The summed E-state index contributed by atoms with van der Waals surface area (Å²) in [5, 5.41) is 16.3. The summed E-state index contributed by atoms with van der Waals surface area (Å²) in [6, 6.07) is 4.15. The molecule has 0 saturated heterocycles. The number of nitrogens with one attached hydrogen (secondary N) is 1. The number of nitrogens with zero attached hydrogens (tertiary/aromatic N) is 2. The number of carbonyl (C=O) groups is 1. The molecule has 0 bridgehead atoms. The third-order valence-electron chi connectivity index (χ3n) is 3.24. The maximum Gasteiger partial charge on any atom is 0.338 e. The minimum atomic E-state index is -1.25. The molecule has 2 N–H and O–H groups in total. The Morgan fingerprint density at radius 2 is 2.19 bits per heavy atom. The maximum absolute atomic E-state index is 13.6. The predicted molar refractivity (Wildman–Crippen MR) is 76.5 cm³/mol. The second-order valence-electron chi connectivity index (χ2n) is 4.85. The van der Waals surface area contributed by atoms with Crippen LogP contribution in [-0.4, -0.2) is 20.9 Å². The van der Waals surface area contributed by atoms with Crippen LogP contribution in [0.15, 0.2) is 24.4 Å². The molecule has 0 radical (unpaired) electrons. The quantitative estimate of drug-likeness (QED) is 0.855. The van der Waals surface area contributed by atoms with Crippen molar-refractivity contribution < 1.29 is 14.3 Å². The fourth-order valence-corrected chi connectivity index (χ4v) is 2.21. The normalized spacial score (nSPS) is 10.8. The summed E-state index contributed by atoms with van der Waals surface area (Å²) < 4.78 is 15.3. The summed E-state index contributed by atoms with van der Waals surface area (Å²) in [5.41, 5.74) is 2.55. The molecule has 0 amide bonds. The molecule has 1 aromatic heterocycles. The van der Waals surface area contributed by atoms with Gasteiger partial charge in [-0.05, 0) is 24.1 Å². The first-order valence-electron chi connectivity index (χ1n) is 6.75. The summed E-state index contributed by atoms with van der Waals surface area (Å²) >= 11 is 0. The zero-order chi connectivity index (χ0) is 15.4. The number of rotatable bonds is 6. The van der Waals surface area contributed by atoms with Gasteiger partial charge >= 0.3 is 5.97 Å². The van der Waals surface area contributed by atoms with E-state index in [1.807, 2.05) is 20.2 Å². The van der Waals surface area contributed by atoms with E-state index in [1.54, 1.807) is 10.7 Å². The standard InChI is InChI=1S/C15H18FN3O2/c1-3-14-11(9-19(2)18-14)8-17-7-10-4-5-12(15(20)21)13(16)6-10/h4-6,9,17H,3,7-8H2,1-2H3,(H,20,21). The number of aromatic carboxylic acids is 1. The SMILES string of the molecule is CCc1nn(C)cc1CNCc1ccc(C(=O)O)c(F)c1. The van der Waals surface area contributed by atoms with Crippen molar-refractivity contribution >= 4 is 5.97 Å². The molecule has 2 rings (SSSR count). The number of carboxylic acid groups (broad SMARTS) is 1. The summed E-state index contributed by atoms with van der Waals surface area (Å²) in [6.45, 7) is 3.15. The molecule has 1 aromatic carbocycles. The van der Waals surface area contributed by atoms with Gasteiger partial charge in [0.25, 0.3) is 0 Å². The molecule has 21 heavy (non-hydrogen) atoms. The lowest BCUT2D eigenvalue weighted by atomic mass is 10.1. The summed E-state index contributed by atoms with van der Waals surface area (Å²) in [6.07, 6.45) is 2.82. The summed E-state index contributed by atoms with van der Waals surface area (Å²) in [4.78, 5) is 10.7. The highest BCUT2D eigenvalue weighted by Gasteiger charge is 2.10. The van der Waals surface area contributed by atoms with Crippen LogP contribution in [0.2, 0.25) is 0 Å². The van der Waals surface area contributed by atoms with E-state index in [0.29, 0.717) is 18.7 Å². The molecule has 0 aliphatic rings. The largest absolute Gasteiger partial charge is 0.478 e. The fraction of sp³-hybridized carbons (Fsp3) is 0.333. The average molecular weight is 291 g/mol. The number of hydrogen-bond donors (Lipinski definition) is 2. The van der Waals surface area contributed by atoms with Crippen LogP contribution in [0.3, 0.4) is 0 Å². The molecule has 0 aliphatic carbocycles. The Bertz CT molecular complexity index is 652. The van der Waals surface area contributed by atoms with Gasteiger partial charge in [-0.2, -0.15) is 5.10 Å². The van der Waals surface area contributed by atoms with E-state index in [2.05, 4.69) is 10.4 Å². The summed E-state index contributed by atoms with van der Waals surface area (Å²) in [5.74, 6) is -1.97. The monoisotopic (exact) mass is 291 g/mol. The Balaban J connectivity index is 1.97. The van der Waals surface area contributed by atoms with E-state index in [9.17, 15) is 9.18 Å². The van der Waals surface area contributed by atoms with Crippen molar-refractivity contribution in [3.8, 4) is 0 Å². The highest BCUT2D eigenvalue weighted by molar-refractivity contribution is 5.87. The van der Waals surface area contributed by atoms with Crippen LogP contribution in [0, 0.1) is 5.82 Å². The van der Waals surface area contributed by atoms with Crippen LogP contribution in [0.25, 0.3) is 0 Å². The average Bonchev–Trinajstić information content (AvgIpc) is 2.78. The predicted octanol–water partition coefficient (Wildman–Crippen LogP) is 2.11. The molecule has 112 valence electrons. The van der Waals surface area contributed by atoms with Crippen molar-refractivity contribution in [1.82, 2.24) is 15.1 Å². The van der Waals surface area contributed by atoms with Gasteiger partial charge in [0, 0.05) is 31.9 Å². The highest BCUT2D eigenvalue weighted by atomic mass is 19.1. The maximum atomic E-state index is 13.6. The summed E-state index contributed by atoms with van der Waals surface area (Å²) in [7, 11) is 1.88. The van der Waals surface area contributed by atoms with E-state index < -0.39 is 11.8 Å². The first-order chi connectivity index (χ1) is 10.0. The van der Waals surface area contributed by atoms with Crippen LogP contribution in [0.1, 0.15) is 34.1 Å². The van der Waals surface area contributed by atoms with Crippen LogP contribution in [-0.2, 0) is 26.6 Å². The van der Waals surface area contributed by atoms with Crippen molar-refractivity contribution in [2.45, 2.75) is 26.4 Å². The molecule has 0 unspecified atom stereocenters. The van der Waals surface area contributed by atoms with E-state index in [1.165, 1.54) is 12.1 Å². The molecule has 0 atom stereocenters. The second-order valence-corrected chi connectivity index (χ2v) is 4.85. The Morgan fingerprint density at radius 1 is 1.43 bits per heavy atom. The third-order valence-corrected chi connectivity index (χ3v) is 3.24. The van der Waals surface area contributed by atoms with Gasteiger partial charge < -0.3 is 10.4 Å². The lowest BCUT2D eigenvalue weighted by Crippen LogP contribution is -2.14.